The molecule has 2 aromatic rings. The van der Waals surface area contributed by atoms with Crippen molar-refractivity contribution in [2.75, 3.05) is 29.7 Å². The van der Waals surface area contributed by atoms with Crippen molar-refractivity contribution >= 4 is 46.4 Å². The van der Waals surface area contributed by atoms with Crippen molar-refractivity contribution in [3.05, 3.63) is 59.0 Å². The number of aliphatic hydroxyl groups excluding tert-OH is 1. The van der Waals surface area contributed by atoms with Gasteiger partial charge in [-0.2, -0.15) is 0 Å². The zero-order chi connectivity index (χ0) is 21.0. The van der Waals surface area contributed by atoms with Crippen LogP contribution in [0.5, 0.6) is 5.75 Å². The summed E-state index contributed by atoms with van der Waals surface area (Å²) in [6.45, 7) is 1.29. The number of rotatable bonds is 7. The first-order chi connectivity index (χ1) is 14.0. The molecule has 0 fully saturated rings. The van der Waals surface area contributed by atoms with Crippen LogP contribution in [0.3, 0.4) is 0 Å². The van der Waals surface area contributed by atoms with Gasteiger partial charge in [-0.05, 0) is 29.8 Å². The first-order valence-electron chi connectivity index (χ1n) is 8.85. The van der Waals surface area contributed by atoms with E-state index in [2.05, 4.69) is 5.32 Å². The highest BCUT2D eigenvalue weighted by molar-refractivity contribution is 8.04. The smallest absolute Gasteiger partial charge is 0.272 e. The maximum absolute atomic E-state index is 13.2. The van der Waals surface area contributed by atoms with E-state index < -0.39 is 11.8 Å². The van der Waals surface area contributed by atoms with Crippen LogP contribution in [0.4, 0.5) is 11.4 Å². The molecule has 7 nitrogen and oxygen atoms in total. The molecule has 0 aromatic heterocycles. The van der Waals surface area contributed by atoms with E-state index in [1.165, 1.54) is 14.0 Å². The highest BCUT2D eigenvalue weighted by Gasteiger charge is 2.40. The van der Waals surface area contributed by atoms with Crippen LogP contribution < -0.4 is 15.0 Å². The summed E-state index contributed by atoms with van der Waals surface area (Å²) in [5.41, 5.74) is 1.83. The number of anilines is 2. The van der Waals surface area contributed by atoms with E-state index in [0.717, 1.165) is 16.7 Å². The molecule has 0 aliphatic carbocycles. The van der Waals surface area contributed by atoms with E-state index in [0.29, 0.717) is 22.7 Å². The number of thioether (sulfide) groups is 1. The second-order valence-electron chi connectivity index (χ2n) is 6.18. The van der Waals surface area contributed by atoms with Crippen LogP contribution in [0.15, 0.2) is 53.4 Å². The lowest BCUT2D eigenvalue weighted by molar-refractivity contribution is -0.120. The highest BCUT2D eigenvalue weighted by atomic mass is 32.2. The number of hydrogen-bond donors (Lipinski definition) is 2. The summed E-state index contributed by atoms with van der Waals surface area (Å²) in [4.78, 5) is 38.9. The maximum atomic E-state index is 13.2. The summed E-state index contributed by atoms with van der Waals surface area (Å²) in [5, 5.41) is 11.9. The number of amides is 3. The van der Waals surface area contributed by atoms with E-state index >= 15 is 0 Å². The van der Waals surface area contributed by atoms with Crippen molar-refractivity contribution in [1.29, 1.82) is 0 Å². The minimum absolute atomic E-state index is 0.121. The first-order valence-corrected chi connectivity index (χ1v) is 9.83. The SMILES string of the molecule is COc1cccc(N2C(=O)C(SCCO)=C(c3ccc(NC(C)=O)cc3)C2=O)c1. The summed E-state index contributed by atoms with van der Waals surface area (Å²) in [5.74, 6) is -0.278. The summed E-state index contributed by atoms with van der Waals surface area (Å²) in [6, 6.07) is 13.4. The Morgan fingerprint density at radius 1 is 1.14 bits per heavy atom. The van der Waals surface area contributed by atoms with Gasteiger partial charge < -0.3 is 15.2 Å². The van der Waals surface area contributed by atoms with Crippen LogP contribution in [0.25, 0.3) is 5.57 Å². The number of imide groups is 1. The number of ether oxygens (including phenoxy) is 1. The van der Waals surface area contributed by atoms with Gasteiger partial charge in [-0.25, -0.2) is 4.90 Å². The lowest BCUT2D eigenvalue weighted by atomic mass is 10.1. The summed E-state index contributed by atoms with van der Waals surface area (Å²) < 4.78 is 5.20. The third kappa shape index (κ3) is 4.33. The molecule has 0 unspecified atom stereocenters. The predicted molar refractivity (Wildman–Crippen MR) is 113 cm³/mol. The molecule has 0 saturated heterocycles. The molecule has 0 atom stereocenters. The average Bonchev–Trinajstić information content (AvgIpc) is 2.96. The van der Waals surface area contributed by atoms with Gasteiger partial charge in [0.05, 0.1) is 29.9 Å². The Hall–Kier alpha value is -3.10. The fraction of sp³-hybridized carbons (Fsp3) is 0.190. The molecule has 1 heterocycles. The van der Waals surface area contributed by atoms with Gasteiger partial charge in [0, 0.05) is 24.4 Å². The number of nitrogens with one attached hydrogen (secondary N) is 1. The van der Waals surface area contributed by atoms with Crippen LogP contribution in [0.2, 0.25) is 0 Å². The van der Waals surface area contributed by atoms with Gasteiger partial charge in [-0.1, -0.05) is 18.2 Å². The van der Waals surface area contributed by atoms with Crippen LogP contribution in [-0.4, -0.2) is 42.3 Å². The van der Waals surface area contributed by atoms with E-state index in [4.69, 9.17) is 4.74 Å². The van der Waals surface area contributed by atoms with Gasteiger partial charge in [0.15, 0.2) is 0 Å². The number of methoxy groups -OCH3 is 1. The fourth-order valence-electron chi connectivity index (χ4n) is 2.95. The third-order valence-corrected chi connectivity index (χ3v) is 5.24. The van der Waals surface area contributed by atoms with Gasteiger partial charge in [0.25, 0.3) is 11.8 Å². The van der Waals surface area contributed by atoms with Crippen molar-refractivity contribution in [3.8, 4) is 5.75 Å². The van der Waals surface area contributed by atoms with Crippen molar-refractivity contribution in [2.45, 2.75) is 6.92 Å². The van der Waals surface area contributed by atoms with Crippen LogP contribution in [0.1, 0.15) is 12.5 Å². The quantitative estimate of drug-likeness (QED) is 0.679. The summed E-state index contributed by atoms with van der Waals surface area (Å²) in [6.07, 6.45) is 0. The second kappa shape index (κ2) is 8.93. The Bertz CT molecular complexity index is 985. The van der Waals surface area contributed by atoms with Gasteiger partial charge in [0.2, 0.25) is 5.91 Å². The standard InChI is InChI=1S/C21H20N2O5S/c1-13(25)22-15-8-6-14(7-9-15)18-19(29-11-10-24)21(27)23(20(18)26)16-4-3-5-17(12-16)28-2/h3-9,12,24H,10-11H2,1-2H3,(H,22,25). The minimum Gasteiger partial charge on any atom is -0.497 e. The van der Waals surface area contributed by atoms with Crippen molar-refractivity contribution < 1.29 is 24.2 Å². The fourth-order valence-corrected chi connectivity index (χ4v) is 3.81. The molecule has 1 aliphatic heterocycles. The molecular weight excluding hydrogens is 392 g/mol. The molecule has 0 spiro atoms. The van der Waals surface area contributed by atoms with Gasteiger partial charge in [-0.3, -0.25) is 14.4 Å². The number of carbonyl (C=O) groups is 3. The van der Waals surface area contributed by atoms with Crippen molar-refractivity contribution in [2.24, 2.45) is 0 Å². The topological polar surface area (TPSA) is 95.9 Å². The molecule has 8 heteroatoms. The van der Waals surface area contributed by atoms with Crippen molar-refractivity contribution in [1.82, 2.24) is 0 Å². The highest BCUT2D eigenvalue weighted by Crippen LogP contribution is 2.39. The number of hydrogen-bond acceptors (Lipinski definition) is 6. The Labute approximate surface area is 172 Å². The molecule has 150 valence electrons. The second-order valence-corrected chi connectivity index (χ2v) is 7.29. The monoisotopic (exact) mass is 412 g/mol. The van der Waals surface area contributed by atoms with E-state index in [1.54, 1.807) is 48.5 Å². The number of aliphatic hydroxyl groups is 1. The molecule has 0 bridgehead atoms. The normalized spacial score (nSPS) is 13.8. The Morgan fingerprint density at radius 2 is 1.86 bits per heavy atom. The maximum Gasteiger partial charge on any atom is 0.272 e. The molecule has 2 N–H and O–H groups in total. The van der Waals surface area contributed by atoms with Gasteiger partial charge in [0.1, 0.15) is 5.75 Å². The zero-order valence-electron chi connectivity index (χ0n) is 16.0. The molecule has 29 heavy (non-hydrogen) atoms. The van der Waals surface area contributed by atoms with Crippen LogP contribution in [0, 0.1) is 0 Å². The molecule has 2 aromatic carbocycles. The average molecular weight is 412 g/mol. The van der Waals surface area contributed by atoms with E-state index in [9.17, 15) is 19.5 Å². The van der Waals surface area contributed by atoms with Gasteiger partial charge in [-0.15, -0.1) is 11.8 Å². The van der Waals surface area contributed by atoms with Crippen LogP contribution >= 0.6 is 11.8 Å². The third-order valence-electron chi connectivity index (χ3n) is 4.18. The van der Waals surface area contributed by atoms with Crippen LogP contribution in [-0.2, 0) is 14.4 Å². The molecule has 0 saturated carbocycles. The Morgan fingerprint density at radius 3 is 2.48 bits per heavy atom. The lowest BCUT2D eigenvalue weighted by Crippen LogP contribution is -2.31. The minimum atomic E-state index is -0.448. The number of benzene rings is 2. The zero-order valence-corrected chi connectivity index (χ0v) is 16.8. The number of carbonyl (C=O) groups excluding carboxylic acids is 3. The van der Waals surface area contributed by atoms with E-state index in [1.807, 2.05) is 0 Å². The summed E-state index contributed by atoms with van der Waals surface area (Å²) >= 11 is 1.14. The van der Waals surface area contributed by atoms with E-state index in [-0.39, 0.29) is 28.7 Å². The molecular formula is C21H20N2O5S. The molecule has 0 radical (unpaired) electrons. The first kappa shape index (κ1) is 20.6. The Balaban J connectivity index is 2.01. The summed E-state index contributed by atoms with van der Waals surface area (Å²) in [7, 11) is 1.51. The number of nitrogens with zero attached hydrogens (tertiary/aromatic N) is 1. The van der Waals surface area contributed by atoms with Crippen molar-refractivity contribution in [3.63, 3.8) is 0 Å². The predicted octanol–water partition coefficient (Wildman–Crippen LogP) is 2.66. The van der Waals surface area contributed by atoms with Gasteiger partial charge >= 0.3 is 0 Å². The largest absolute Gasteiger partial charge is 0.497 e. The lowest BCUT2D eigenvalue weighted by Gasteiger charge is -2.16. The Kier molecular flexibility index (Phi) is 6.36. The molecule has 3 amide bonds. The molecule has 1 aliphatic rings. The molecule has 3 rings (SSSR count).